The van der Waals surface area contributed by atoms with E-state index in [-0.39, 0.29) is 12.3 Å². The SMILES string of the molecule is CCC(C)C(NC(=O)C(CCSC)NC(=O)C(N)Cc1c[nH]c2ccccc12)C(=O)NC(C(=O)O)C(C)O. The van der Waals surface area contributed by atoms with Crippen LogP contribution >= 0.6 is 11.8 Å². The Labute approximate surface area is 226 Å². The Morgan fingerprint density at radius 3 is 2.29 bits per heavy atom. The smallest absolute Gasteiger partial charge is 0.328 e. The standard InChI is InChI=1S/C26H39N5O6S/c1-5-14(2)21(25(35)31-22(15(3)32)26(36)37)30-24(34)20(10-11-38-4)29-23(33)18(27)12-16-13-28-19-9-7-6-8-17(16)19/h6-9,13-15,18,20-22,28,32H,5,10-12,27H2,1-4H3,(H,29,33)(H,30,34)(H,31,35)(H,36,37). The largest absolute Gasteiger partial charge is 0.480 e. The van der Waals surface area contributed by atoms with Crippen LogP contribution in [-0.2, 0) is 25.6 Å². The summed E-state index contributed by atoms with van der Waals surface area (Å²) in [6.45, 7) is 4.83. The average molecular weight is 550 g/mol. The van der Waals surface area contributed by atoms with Gasteiger partial charge < -0.3 is 36.9 Å². The van der Waals surface area contributed by atoms with E-state index in [1.807, 2.05) is 43.6 Å². The predicted octanol–water partition coefficient (Wildman–Crippen LogP) is 0.757. The van der Waals surface area contributed by atoms with Gasteiger partial charge in [0, 0.05) is 17.1 Å². The van der Waals surface area contributed by atoms with E-state index in [1.54, 1.807) is 6.92 Å². The number of aromatic nitrogens is 1. The maximum atomic E-state index is 13.3. The van der Waals surface area contributed by atoms with Crippen molar-refractivity contribution in [2.45, 2.75) is 70.3 Å². The number of hydrogen-bond donors (Lipinski definition) is 7. The second-order valence-electron chi connectivity index (χ2n) is 9.45. The first-order valence-corrected chi connectivity index (χ1v) is 14.0. The van der Waals surface area contributed by atoms with E-state index < -0.39 is 54.0 Å². The molecule has 6 atom stereocenters. The number of amides is 3. The summed E-state index contributed by atoms with van der Waals surface area (Å²) in [6, 6.07) is 3.22. The summed E-state index contributed by atoms with van der Waals surface area (Å²) in [6.07, 6.45) is 3.43. The van der Waals surface area contributed by atoms with Gasteiger partial charge in [-0.05, 0) is 49.3 Å². The number of aromatic amines is 1. The summed E-state index contributed by atoms with van der Waals surface area (Å²) >= 11 is 1.50. The minimum absolute atomic E-state index is 0.264. The van der Waals surface area contributed by atoms with Gasteiger partial charge >= 0.3 is 5.97 Å². The molecule has 210 valence electrons. The molecule has 0 spiro atoms. The van der Waals surface area contributed by atoms with Crippen molar-refractivity contribution in [3.05, 3.63) is 36.0 Å². The number of nitrogens with one attached hydrogen (secondary N) is 4. The van der Waals surface area contributed by atoms with Gasteiger partial charge in [0.15, 0.2) is 6.04 Å². The van der Waals surface area contributed by atoms with E-state index in [9.17, 15) is 29.4 Å². The highest BCUT2D eigenvalue weighted by Crippen LogP contribution is 2.19. The van der Waals surface area contributed by atoms with E-state index in [1.165, 1.54) is 18.7 Å². The number of nitrogens with two attached hydrogens (primary N) is 1. The van der Waals surface area contributed by atoms with E-state index in [0.717, 1.165) is 16.5 Å². The lowest BCUT2D eigenvalue weighted by Crippen LogP contribution is -2.60. The van der Waals surface area contributed by atoms with Crippen LogP contribution in [0, 0.1) is 5.92 Å². The van der Waals surface area contributed by atoms with E-state index in [0.29, 0.717) is 18.6 Å². The van der Waals surface area contributed by atoms with Gasteiger partial charge in [0.25, 0.3) is 0 Å². The molecule has 1 aromatic heterocycles. The Morgan fingerprint density at radius 2 is 1.68 bits per heavy atom. The van der Waals surface area contributed by atoms with Crippen LogP contribution in [0.2, 0.25) is 0 Å². The lowest BCUT2D eigenvalue weighted by atomic mass is 9.97. The molecule has 2 rings (SSSR count). The van der Waals surface area contributed by atoms with Crippen molar-refractivity contribution in [3.63, 3.8) is 0 Å². The molecule has 38 heavy (non-hydrogen) atoms. The Morgan fingerprint density at radius 1 is 1.03 bits per heavy atom. The fourth-order valence-electron chi connectivity index (χ4n) is 4.00. The third kappa shape index (κ3) is 8.47. The van der Waals surface area contributed by atoms with Gasteiger partial charge in [-0.25, -0.2) is 4.79 Å². The number of carbonyl (C=O) groups excluding carboxylic acids is 3. The molecule has 0 bridgehead atoms. The van der Waals surface area contributed by atoms with Crippen LogP contribution < -0.4 is 21.7 Å². The predicted molar refractivity (Wildman–Crippen MR) is 148 cm³/mol. The maximum Gasteiger partial charge on any atom is 0.328 e. The van der Waals surface area contributed by atoms with Crippen LogP contribution in [0.1, 0.15) is 39.2 Å². The van der Waals surface area contributed by atoms with Crippen molar-refractivity contribution >= 4 is 46.4 Å². The van der Waals surface area contributed by atoms with E-state index >= 15 is 0 Å². The first-order valence-electron chi connectivity index (χ1n) is 12.6. The first kappa shape index (κ1) is 31.1. The highest BCUT2D eigenvalue weighted by molar-refractivity contribution is 7.98. The lowest BCUT2D eigenvalue weighted by Gasteiger charge is -2.28. The number of aliphatic hydroxyl groups excluding tert-OH is 1. The Hall–Kier alpha value is -3.09. The zero-order valence-corrected chi connectivity index (χ0v) is 23.0. The van der Waals surface area contributed by atoms with Crippen molar-refractivity contribution in [1.29, 1.82) is 0 Å². The van der Waals surface area contributed by atoms with E-state index in [2.05, 4.69) is 20.9 Å². The number of aliphatic hydroxyl groups is 1. The maximum absolute atomic E-state index is 13.3. The number of carboxylic acids is 1. The van der Waals surface area contributed by atoms with Gasteiger partial charge in [0.1, 0.15) is 12.1 Å². The van der Waals surface area contributed by atoms with Gasteiger partial charge in [0.05, 0.1) is 12.1 Å². The molecule has 2 aromatic rings. The Kier molecular flexibility index (Phi) is 12.1. The number of H-pyrrole nitrogens is 1. The van der Waals surface area contributed by atoms with Gasteiger partial charge in [-0.2, -0.15) is 11.8 Å². The number of thioether (sulfide) groups is 1. The lowest BCUT2D eigenvalue weighted by molar-refractivity contribution is -0.145. The third-order valence-electron chi connectivity index (χ3n) is 6.53. The molecule has 0 saturated carbocycles. The average Bonchev–Trinajstić information content (AvgIpc) is 3.29. The number of fused-ring (bicyclic) bond motifs is 1. The van der Waals surface area contributed by atoms with Crippen LogP contribution in [0.3, 0.4) is 0 Å². The highest BCUT2D eigenvalue weighted by Gasteiger charge is 2.34. The molecule has 11 nitrogen and oxygen atoms in total. The van der Waals surface area contributed by atoms with Crippen LogP contribution in [-0.4, -0.2) is 81.2 Å². The summed E-state index contributed by atoms with van der Waals surface area (Å²) in [4.78, 5) is 53.8. The topological polar surface area (TPSA) is 187 Å². The van der Waals surface area contributed by atoms with Crippen LogP contribution in [0.5, 0.6) is 0 Å². The third-order valence-corrected chi connectivity index (χ3v) is 7.18. The summed E-state index contributed by atoms with van der Waals surface area (Å²) in [7, 11) is 0. The fourth-order valence-corrected chi connectivity index (χ4v) is 4.47. The second kappa shape index (κ2) is 14.7. The molecule has 0 aliphatic carbocycles. The molecule has 1 aromatic carbocycles. The van der Waals surface area contributed by atoms with Crippen molar-refractivity contribution in [2.75, 3.05) is 12.0 Å². The highest BCUT2D eigenvalue weighted by atomic mass is 32.2. The van der Waals surface area contributed by atoms with Crippen LogP contribution in [0.25, 0.3) is 10.9 Å². The Balaban J connectivity index is 2.13. The normalized spacial score (nSPS) is 16.1. The number of aliphatic carboxylic acids is 1. The summed E-state index contributed by atoms with van der Waals surface area (Å²) in [5.74, 6) is -2.97. The monoisotopic (exact) mass is 549 g/mol. The minimum atomic E-state index is -1.53. The van der Waals surface area contributed by atoms with Crippen molar-refractivity contribution in [1.82, 2.24) is 20.9 Å². The first-order chi connectivity index (χ1) is 18.0. The van der Waals surface area contributed by atoms with E-state index in [4.69, 9.17) is 5.73 Å². The number of carboxylic acid groups (broad SMARTS) is 1. The van der Waals surface area contributed by atoms with Gasteiger partial charge in [0.2, 0.25) is 17.7 Å². The van der Waals surface area contributed by atoms with Gasteiger partial charge in [-0.15, -0.1) is 0 Å². The zero-order valence-electron chi connectivity index (χ0n) is 22.2. The number of para-hydroxylation sites is 1. The fraction of sp³-hybridized carbons (Fsp3) is 0.538. The van der Waals surface area contributed by atoms with Crippen molar-refractivity contribution in [3.8, 4) is 0 Å². The molecule has 12 heteroatoms. The minimum Gasteiger partial charge on any atom is -0.480 e. The van der Waals surface area contributed by atoms with Gasteiger partial charge in [-0.3, -0.25) is 14.4 Å². The number of hydrogen-bond acceptors (Lipinski definition) is 7. The number of carbonyl (C=O) groups is 4. The molecule has 0 aliphatic heterocycles. The molecule has 0 fully saturated rings. The zero-order chi connectivity index (χ0) is 28.4. The second-order valence-corrected chi connectivity index (χ2v) is 10.4. The molecule has 0 aliphatic rings. The summed E-state index contributed by atoms with van der Waals surface area (Å²) in [5.41, 5.74) is 8.02. The Bertz CT molecular complexity index is 1110. The molecule has 3 amide bonds. The molecule has 8 N–H and O–H groups in total. The molecule has 0 radical (unpaired) electrons. The molecule has 0 saturated heterocycles. The molecule has 1 heterocycles. The van der Waals surface area contributed by atoms with Crippen molar-refractivity contribution < 1.29 is 29.4 Å². The number of benzene rings is 1. The van der Waals surface area contributed by atoms with Gasteiger partial charge in [-0.1, -0.05) is 38.5 Å². The molecule has 6 unspecified atom stereocenters. The van der Waals surface area contributed by atoms with Crippen molar-refractivity contribution in [2.24, 2.45) is 11.7 Å². The summed E-state index contributed by atoms with van der Waals surface area (Å²) in [5, 5.41) is 27.7. The quantitative estimate of drug-likeness (QED) is 0.170. The summed E-state index contributed by atoms with van der Waals surface area (Å²) < 4.78 is 0. The molecular weight excluding hydrogens is 510 g/mol. The molecular formula is C26H39N5O6S. The van der Waals surface area contributed by atoms with Crippen LogP contribution in [0.4, 0.5) is 0 Å². The van der Waals surface area contributed by atoms with Crippen LogP contribution in [0.15, 0.2) is 30.5 Å². The number of rotatable bonds is 15.